The van der Waals surface area contributed by atoms with Crippen LogP contribution >= 0.6 is 0 Å². The Bertz CT molecular complexity index is 215. The highest BCUT2D eigenvalue weighted by Gasteiger charge is 2.24. The van der Waals surface area contributed by atoms with E-state index in [0.717, 1.165) is 12.8 Å². The van der Waals surface area contributed by atoms with Crippen molar-refractivity contribution in [3.63, 3.8) is 0 Å². The van der Waals surface area contributed by atoms with Gasteiger partial charge in [-0.2, -0.15) is 0 Å². The molecule has 0 bridgehead atoms. The van der Waals surface area contributed by atoms with Crippen molar-refractivity contribution < 1.29 is 9.53 Å². The van der Waals surface area contributed by atoms with Gasteiger partial charge >= 0.3 is 0 Å². The first-order chi connectivity index (χ1) is 7.27. The van der Waals surface area contributed by atoms with Crippen molar-refractivity contribution in [1.82, 2.24) is 0 Å². The zero-order valence-corrected chi connectivity index (χ0v) is 11.0. The van der Waals surface area contributed by atoms with Crippen molar-refractivity contribution in [3.8, 4) is 0 Å². The minimum atomic E-state index is -0.885. The molecule has 0 radical (unpaired) electrons. The first kappa shape index (κ1) is 15.4. The number of rotatable bonds is 8. The smallest absolute Gasteiger partial charge is 0.237 e. The Morgan fingerprint density at radius 3 is 2.31 bits per heavy atom. The van der Waals surface area contributed by atoms with Crippen molar-refractivity contribution in [2.45, 2.75) is 58.6 Å². The Labute approximate surface area is 98.7 Å². The number of nitrogens with two attached hydrogens (primary N) is 2. The average molecular weight is 230 g/mol. The molecule has 2 unspecified atom stereocenters. The predicted octanol–water partition coefficient (Wildman–Crippen LogP) is 1.42. The van der Waals surface area contributed by atoms with Crippen LogP contribution in [-0.4, -0.2) is 24.2 Å². The molecule has 0 aromatic rings. The summed E-state index contributed by atoms with van der Waals surface area (Å²) in [5.41, 5.74) is 10.0. The molecule has 0 saturated carbocycles. The van der Waals surface area contributed by atoms with E-state index < -0.39 is 11.4 Å². The summed E-state index contributed by atoms with van der Waals surface area (Å²) < 4.78 is 5.62. The highest BCUT2D eigenvalue weighted by atomic mass is 16.5. The third-order valence-corrected chi connectivity index (χ3v) is 2.97. The summed E-state index contributed by atoms with van der Waals surface area (Å²) in [7, 11) is 0. The van der Waals surface area contributed by atoms with Crippen LogP contribution in [0, 0.1) is 5.92 Å². The van der Waals surface area contributed by atoms with Gasteiger partial charge in [0.1, 0.15) is 0 Å². The van der Waals surface area contributed by atoms with E-state index in [2.05, 4.69) is 20.8 Å². The van der Waals surface area contributed by atoms with Gasteiger partial charge in [-0.1, -0.05) is 13.8 Å². The summed E-state index contributed by atoms with van der Waals surface area (Å²) in [6, 6.07) is 0. The fourth-order valence-electron chi connectivity index (χ4n) is 1.18. The maximum absolute atomic E-state index is 10.9. The topological polar surface area (TPSA) is 78.3 Å². The van der Waals surface area contributed by atoms with Crippen molar-refractivity contribution in [2.24, 2.45) is 17.4 Å². The van der Waals surface area contributed by atoms with Crippen LogP contribution in [0.3, 0.4) is 0 Å². The molecule has 0 aromatic heterocycles. The monoisotopic (exact) mass is 230 g/mol. The summed E-state index contributed by atoms with van der Waals surface area (Å²) in [6.45, 7) is 8.73. The van der Waals surface area contributed by atoms with Crippen molar-refractivity contribution in [2.75, 3.05) is 6.61 Å². The lowest BCUT2D eigenvalue weighted by atomic mass is 9.95. The number of ether oxygens (including phenoxy) is 1. The lowest BCUT2D eigenvalue weighted by molar-refractivity contribution is -0.122. The highest BCUT2D eigenvalue weighted by Crippen LogP contribution is 2.11. The van der Waals surface area contributed by atoms with Gasteiger partial charge in [-0.15, -0.1) is 0 Å². The van der Waals surface area contributed by atoms with Crippen LogP contribution in [0.25, 0.3) is 0 Å². The molecule has 0 saturated heterocycles. The molecular weight excluding hydrogens is 204 g/mol. The second-order valence-corrected chi connectivity index (χ2v) is 5.06. The van der Waals surface area contributed by atoms with Gasteiger partial charge in [-0.25, -0.2) is 0 Å². The number of amides is 1. The molecule has 0 spiro atoms. The van der Waals surface area contributed by atoms with Crippen molar-refractivity contribution >= 4 is 5.91 Å². The summed E-state index contributed by atoms with van der Waals surface area (Å²) in [5.74, 6) is 0.0920. The van der Waals surface area contributed by atoms with E-state index in [-0.39, 0.29) is 6.10 Å². The van der Waals surface area contributed by atoms with Crippen LogP contribution < -0.4 is 11.5 Å². The lowest BCUT2D eigenvalue weighted by Gasteiger charge is -2.20. The van der Waals surface area contributed by atoms with E-state index in [1.807, 2.05) is 0 Å². The number of unbranched alkanes of at least 4 members (excludes halogenated alkanes) is 1. The molecule has 0 aliphatic heterocycles. The summed E-state index contributed by atoms with van der Waals surface area (Å²) >= 11 is 0. The molecule has 4 heteroatoms. The maximum atomic E-state index is 10.9. The molecule has 0 aromatic carbocycles. The van der Waals surface area contributed by atoms with Gasteiger partial charge in [0.25, 0.3) is 0 Å². The molecule has 0 fully saturated rings. The van der Waals surface area contributed by atoms with E-state index in [1.165, 1.54) is 0 Å². The van der Waals surface area contributed by atoms with Gasteiger partial charge in [0.15, 0.2) is 0 Å². The molecule has 1 amide bonds. The summed E-state index contributed by atoms with van der Waals surface area (Å²) in [5, 5.41) is 0. The first-order valence-electron chi connectivity index (χ1n) is 5.97. The predicted molar refractivity (Wildman–Crippen MR) is 65.9 cm³/mol. The number of carbonyl (C=O) groups excluding carboxylic acids is 1. The van der Waals surface area contributed by atoms with Gasteiger partial charge in [0, 0.05) is 6.61 Å². The Morgan fingerprint density at radius 1 is 1.31 bits per heavy atom. The number of primary amides is 1. The molecule has 0 heterocycles. The normalized spacial score (nSPS) is 17.1. The zero-order valence-electron chi connectivity index (χ0n) is 11.0. The molecule has 0 aliphatic rings. The Kier molecular flexibility index (Phi) is 6.60. The van der Waals surface area contributed by atoms with Crippen LogP contribution in [0.2, 0.25) is 0 Å². The second kappa shape index (κ2) is 6.86. The Hall–Kier alpha value is -0.610. The molecule has 0 aliphatic carbocycles. The molecular formula is C12H26N2O2. The molecule has 4 nitrogen and oxygen atoms in total. The summed E-state index contributed by atoms with van der Waals surface area (Å²) in [6.07, 6.45) is 2.67. The fourth-order valence-corrected chi connectivity index (χ4v) is 1.18. The Balaban J connectivity index is 3.58. The average Bonchev–Trinajstić information content (AvgIpc) is 2.16. The largest absolute Gasteiger partial charge is 0.378 e. The van der Waals surface area contributed by atoms with Gasteiger partial charge in [0.2, 0.25) is 5.91 Å². The van der Waals surface area contributed by atoms with Crippen molar-refractivity contribution in [1.29, 1.82) is 0 Å². The summed E-state index contributed by atoms with van der Waals surface area (Å²) in [4.78, 5) is 10.9. The molecule has 96 valence electrons. The van der Waals surface area contributed by atoms with Gasteiger partial charge < -0.3 is 16.2 Å². The van der Waals surface area contributed by atoms with Gasteiger partial charge in [-0.3, -0.25) is 4.79 Å². The molecule has 4 N–H and O–H groups in total. The van der Waals surface area contributed by atoms with Crippen LogP contribution in [-0.2, 0) is 9.53 Å². The third kappa shape index (κ3) is 6.08. The minimum absolute atomic E-state index is 0.278. The quantitative estimate of drug-likeness (QED) is 0.619. The second-order valence-electron chi connectivity index (χ2n) is 5.06. The lowest BCUT2D eigenvalue weighted by Crippen LogP contribution is -2.49. The van der Waals surface area contributed by atoms with E-state index in [9.17, 15) is 4.79 Å². The van der Waals surface area contributed by atoms with Crippen LogP contribution in [0.1, 0.15) is 47.0 Å². The maximum Gasteiger partial charge on any atom is 0.237 e. The van der Waals surface area contributed by atoms with Gasteiger partial charge in [-0.05, 0) is 39.0 Å². The SMILES string of the molecule is CC(C)C(C)OCCCCC(C)(N)C(N)=O. The van der Waals surface area contributed by atoms with E-state index in [0.29, 0.717) is 18.9 Å². The minimum Gasteiger partial charge on any atom is -0.378 e. The van der Waals surface area contributed by atoms with E-state index in [1.54, 1.807) is 6.92 Å². The van der Waals surface area contributed by atoms with E-state index >= 15 is 0 Å². The zero-order chi connectivity index (χ0) is 12.8. The standard InChI is InChI=1S/C12H26N2O2/c1-9(2)10(3)16-8-6-5-7-12(4,14)11(13)15/h9-10H,5-8,14H2,1-4H3,(H2,13,15). The highest BCUT2D eigenvalue weighted by molar-refractivity contribution is 5.83. The molecule has 2 atom stereocenters. The van der Waals surface area contributed by atoms with Crippen molar-refractivity contribution in [3.05, 3.63) is 0 Å². The number of carbonyl (C=O) groups is 1. The third-order valence-electron chi connectivity index (χ3n) is 2.97. The first-order valence-corrected chi connectivity index (χ1v) is 5.97. The van der Waals surface area contributed by atoms with Gasteiger partial charge in [0.05, 0.1) is 11.6 Å². The Morgan fingerprint density at radius 2 is 1.88 bits per heavy atom. The molecule has 16 heavy (non-hydrogen) atoms. The fraction of sp³-hybridized carbons (Fsp3) is 0.917. The number of hydrogen-bond donors (Lipinski definition) is 2. The number of hydrogen-bond acceptors (Lipinski definition) is 3. The van der Waals surface area contributed by atoms with Crippen LogP contribution in [0.4, 0.5) is 0 Å². The van der Waals surface area contributed by atoms with E-state index in [4.69, 9.17) is 16.2 Å². The molecule has 0 rings (SSSR count). The van der Waals surface area contributed by atoms with Crippen LogP contribution in [0.5, 0.6) is 0 Å². The van der Waals surface area contributed by atoms with Crippen LogP contribution in [0.15, 0.2) is 0 Å².